The summed E-state index contributed by atoms with van der Waals surface area (Å²) in [6, 6.07) is 1.83. The lowest BCUT2D eigenvalue weighted by Gasteiger charge is -2.04. The molecular formula is C7H9Cl2NOS. The van der Waals surface area contributed by atoms with E-state index in [1.165, 1.54) is 11.5 Å². The molecule has 1 aromatic heterocycles. The number of hydrogen-bond donors (Lipinski definition) is 0. The van der Waals surface area contributed by atoms with Crippen molar-refractivity contribution < 1.29 is 4.74 Å². The molecule has 2 nitrogen and oxygen atoms in total. The summed E-state index contributed by atoms with van der Waals surface area (Å²) in [5.74, 6) is 0.466. The molecule has 0 aliphatic rings. The average molecular weight is 226 g/mol. The van der Waals surface area contributed by atoms with E-state index < -0.39 is 0 Å². The van der Waals surface area contributed by atoms with E-state index in [4.69, 9.17) is 27.9 Å². The Morgan fingerprint density at radius 2 is 2.50 bits per heavy atom. The van der Waals surface area contributed by atoms with Gasteiger partial charge in [0, 0.05) is 29.7 Å². The number of rotatable bonds is 5. The maximum absolute atomic E-state index is 5.78. The topological polar surface area (TPSA) is 22.1 Å². The molecule has 1 heterocycles. The summed E-state index contributed by atoms with van der Waals surface area (Å²) in [6.07, 6.45) is 2.47. The molecule has 1 rings (SSSR count). The molecule has 0 aliphatic carbocycles. The van der Waals surface area contributed by atoms with E-state index in [2.05, 4.69) is 4.37 Å². The monoisotopic (exact) mass is 225 g/mol. The van der Waals surface area contributed by atoms with Crippen molar-refractivity contribution in [3.05, 3.63) is 12.3 Å². The van der Waals surface area contributed by atoms with Crippen molar-refractivity contribution in [3.63, 3.8) is 0 Å². The summed E-state index contributed by atoms with van der Waals surface area (Å²) >= 11 is 12.6. The van der Waals surface area contributed by atoms with E-state index in [9.17, 15) is 0 Å². The zero-order valence-electron chi connectivity index (χ0n) is 6.37. The Hall–Kier alpha value is 0.01000. The number of alkyl halides is 2. The first-order chi connectivity index (χ1) is 5.83. The van der Waals surface area contributed by atoms with Gasteiger partial charge in [0.25, 0.3) is 0 Å². The number of ether oxygens (including phenoxy) is 1. The van der Waals surface area contributed by atoms with Gasteiger partial charge in [-0.15, -0.1) is 23.2 Å². The van der Waals surface area contributed by atoms with Gasteiger partial charge in [0.2, 0.25) is 0 Å². The zero-order valence-corrected chi connectivity index (χ0v) is 8.70. The van der Waals surface area contributed by atoms with Gasteiger partial charge in [-0.05, 0) is 6.42 Å². The number of hydrogen-bond acceptors (Lipinski definition) is 3. The smallest absolute Gasteiger partial charge is 0.193 e. The van der Waals surface area contributed by atoms with Gasteiger partial charge in [-0.1, -0.05) is 0 Å². The lowest BCUT2D eigenvalue weighted by Crippen LogP contribution is -2.07. The molecule has 0 fully saturated rings. The van der Waals surface area contributed by atoms with Crippen LogP contribution in [0.5, 0.6) is 5.06 Å². The highest BCUT2D eigenvalue weighted by molar-refractivity contribution is 7.07. The minimum absolute atomic E-state index is 0.000381. The van der Waals surface area contributed by atoms with Crippen LogP contribution in [0.2, 0.25) is 0 Å². The zero-order chi connectivity index (χ0) is 8.81. The van der Waals surface area contributed by atoms with Crippen LogP contribution in [0.25, 0.3) is 0 Å². The van der Waals surface area contributed by atoms with Crippen molar-refractivity contribution in [3.8, 4) is 5.06 Å². The van der Waals surface area contributed by atoms with Crippen LogP contribution in [-0.2, 0) is 0 Å². The van der Waals surface area contributed by atoms with Crippen LogP contribution in [0.1, 0.15) is 6.42 Å². The fourth-order valence-corrected chi connectivity index (χ4v) is 1.37. The van der Waals surface area contributed by atoms with Gasteiger partial charge in [0.05, 0.1) is 12.0 Å². The van der Waals surface area contributed by atoms with Gasteiger partial charge in [-0.25, -0.2) is 0 Å². The second-order valence-electron chi connectivity index (χ2n) is 2.22. The van der Waals surface area contributed by atoms with E-state index in [0.29, 0.717) is 12.5 Å². The molecule has 0 aliphatic heterocycles. The van der Waals surface area contributed by atoms with Gasteiger partial charge in [-0.3, -0.25) is 0 Å². The van der Waals surface area contributed by atoms with Crippen molar-refractivity contribution in [2.24, 2.45) is 0 Å². The van der Waals surface area contributed by atoms with Crippen molar-refractivity contribution in [2.45, 2.75) is 11.8 Å². The second-order valence-corrected chi connectivity index (χ2v) is 3.94. The van der Waals surface area contributed by atoms with Gasteiger partial charge in [0.15, 0.2) is 5.06 Å². The molecule has 0 aromatic carbocycles. The number of halogens is 2. The molecule has 5 heteroatoms. The molecule has 1 aromatic rings. The summed E-state index contributed by atoms with van der Waals surface area (Å²) in [5, 5.41) is 0.827. The fraction of sp³-hybridized carbons (Fsp3) is 0.571. The van der Waals surface area contributed by atoms with Crippen molar-refractivity contribution in [1.29, 1.82) is 0 Å². The van der Waals surface area contributed by atoms with Crippen LogP contribution >= 0.6 is 34.7 Å². The van der Waals surface area contributed by atoms with Crippen LogP contribution in [-0.4, -0.2) is 22.2 Å². The van der Waals surface area contributed by atoms with Gasteiger partial charge in [-0.2, -0.15) is 4.37 Å². The molecular weight excluding hydrogens is 217 g/mol. The van der Waals surface area contributed by atoms with Gasteiger partial charge < -0.3 is 4.74 Å². The molecule has 0 amide bonds. The Morgan fingerprint density at radius 3 is 3.08 bits per heavy atom. The Kier molecular flexibility index (Phi) is 4.73. The molecule has 12 heavy (non-hydrogen) atoms. The maximum atomic E-state index is 5.78. The minimum Gasteiger partial charge on any atom is -0.483 e. The van der Waals surface area contributed by atoms with Crippen LogP contribution < -0.4 is 4.74 Å². The maximum Gasteiger partial charge on any atom is 0.193 e. The van der Waals surface area contributed by atoms with Crippen molar-refractivity contribution in [2.75, 3.05) is 12.5 Å². The average Bonchev–Trinajstić information content (AvgIpc) is 2.57. The molecule has 68 valence electrons. The Morgan fingerprint density at radius 1 is 1.67 bits per heavy atom. The van der Waals surface area contributed by atoms with E-state index >= 15 is 0 Å². The summed E-state index contributed by atoms with van der Waals surface area (Å²) in [5.41, 5.74) is 0. The Labute approximate surface area is 85.6 Å². The van der Waals surface area contributed by atoms with Crippen molar-refractivity contribution >= 4 is 34.7 Å². The van der Waals surface area contributed by atoms with Crippen LogP contribution in [0.15, 0.2) is 12.3 Å². The standard InChI is InChI=1S/C7H9Cl2NOS/c8-5-6(9)2-4-11-7-1-3-10-12-7/h1,3,6H,2,4-5H2. The third-order valence-electron chi connectivity index (χ3n) is 1.26. The van der Waals surface area contributed by atoms with Crippen molar-refractivity contribution in [1.82, 2.24) is 4.37 Å². The third-order valence-corrected chi connectivity index (χ3v) is 2.82. The predicted octanol–water partition coefficient (Wildman–Crippen LogP) is 2.76. The molecule has 0 spiro atoms. The molecule has 1 unspecified atom stereocenters. The number of aromatic nitrogens is 1. The first-order valence-corrected chi connectivity index (χ1v) is 5.31. The SMILES string of the molecule is ClCC(Cl)CCOc1ccns1. The summed E-state index contributed by atoms with van der Waals surface area (Å²) in [7, 11) is 0. The van der Waals surface area contributed by atoms with E-state index in [1.807, 2.05) is 6.07 Å². The summed E-state index contributed by atoms with van der Waals surface area (Å²) in [6.45, 7) is 0.600. The second kappa shape index (κ2) is 5.62. The largest absolute Gasteiger partial charge is 0.483 e. The fourth-order valence-electron chi connectivity index (χ4n) is 0.643. The van der Waals surface area contributed by atoms with Gasteiger partial charge in [0.1, 0.15) is 0 Å². The Bertz CT molecular complexity index is 205. The molecule has 0 saturated carbocycles. The first-order valence-electron chi connectivity index (χ1n) is 3.56. The van der Waals surface area contributed by atoms with E-state index in [0.717, 1.165) is 11.5 Å². The van der Waals surface area contributed by atoms with Crippen LogP contribution in [0.4, 0.5) is 0 Å². The predicted molar refractivity (Wildman–Crippen MR) is 52.6 cm³/mol. The highest BCUT2D eigenvalue weighted by Crippen LogP contribution is 2.15. The minimum atomic E-state index is -0.000381. The first kappa shape index (κ1) is 10.1. The normalized spacial score (nSPS) is 12.8. The van der Waals surface area contributed by atoms with Crippen LogP contribution in [0.3, 0.4) is 0 Å². The third kappa shape index (κ3) is 3.61. The molecule has 0 radical (unpaired) electrons. The molecule has 0 N–H and O–H groups in total. The van der Waals surface area contributed by atoms with E-state index in [1.54, 1.807) is 6.20 Å². The molecule has 0 bridgehead atoms. The van der Waals surface area contributed by atoms with Gasteiger partial charge >= 0.3 is 0 Å². The summed E-state index contributed by atoms with van der Waals surface area (Å²) < 4.78 is 9.23. The van der Waals surface area contributed by atoms with E-state index in [-0.39, 0.29) is 5.38 Å². The highest BCUT2D eigenvalue weighted by atomic mass is 35.5. The number of nitrogens with zero attached hydrogens (tertiary/aromatic N) is 1. The quantitative estimate of drug-likeness (QED) is 0.720. The lowest BCUT2D eigenvalue weighted by atomic mass is 10.3. The molecule has 0 saturated heterocycles. The van der Waals surface area contributed by atoms with Crippen LogP contribution in [0, 0.1) is 0 Å². The summed E-state index contributed by atoms with van der Waals surface area (Å²) in [4.78, 5) is 0. The Balaban J connectivity index is 2.11. The highest BCUT2D eigenvalue weighted by Gasteiger charge is 2.02. The molecule has 1 atom stereocenters. The lowest BCUT2D eigenvalue weighted by molar-refractivity contribution is 0.319.